The lowest BCUT2D eigenvalue weighted by molar-refractivity contribution is -0.139. The minimum Gasteiger partial charge on any atom is -0.480 e. The molecular formula is C8H18NO8P. The van der Waals surface area contributed by atoms with E-state index in [4.69, 9.17) is 20.3 Å². The maximum atomic E-state index is 11.3. The maximum absolute atomic E-state index is 11.3. The standard InChI is InChI=1S/C8H18NO8P/c1-14-3-6(15-2)4-16-18(12,13)17-5-7(9)8(10)11/h6-7H,3-5,9H2,1-2H3,(H,10,11)(H,12,13). The number of phosphoric acid groups is 1. The van der Waals surface area contributed by atoms with Gasteiger partial charge in [-0.2, -0.15) is 0 Å². The van der Waals surface area contributed by atoms with Crippen LogP contribution in [0.4, 0.5) is 0 Å². The van der Waals surface area contributed by atoms with Crippen LogP contribution < -0.4 is 5.73 Å². The van der Waals surface area contributed by atoms with Crippen LogP contribution in [-0.2, 0) is 27.9 Å². The summed E-state index contributed by atoms with van der Waals surface area (Å²) in [6, 6.07) is -1.40. The molecule has 108 valence electrons. The first-order chi connectivity index (χ1) is 8.32. The summed E-state index contributed by atoms with van der Waals surface area (Å²) in [4.78, 5) is 19.6. The largest absolute Gasteiger partial charge is 0.480 e. The molecule has 18 heavy (non-hydrogen) atoms. The lowest BCUT2D eigenvalue weighted by atomic mass is 10.3. The van der Waals surface area contributed by atoms with E-state index in [2.05, 4.69) is 9.05 Å². The topological polar surface area (TPSA) is 138 Å². The quantitative estimate of drug-likeness (QED) is 0.440. The molecule has 3 unspecified atom stereocenters. The van der Waals surface area contributed by atoms with Crippen molar-refractivity contribution in [1.29, 1.82) is 0 Å². The van der Waals surface area contributed by atoms with Crippen molar-refractivity contribution < 1.29 is 37.9 Å². The Morgan fingerprint density at radius 2 is 1.83 bits per heavy atom. The number of hydrogen-bond acceptors (Lipinski definition) is 7. The first kappa shape index (κ1) is 17.5. The molecule has 0 bridgehead atoms. The highest BCUT2D eigenvalue weighted by Crippen LogP contribution is 2.43. The Labute approximate surface area is 104 Å². The number of carbonyl (C=O) groups is 1. The molecule has 0 aliphatic heterocycles. The molecule has 0 saturated carbocycles. The summed E-state index contributed by atoms with van der Waals surface area (Å²) >= 11 is 0. The fourth-order valence-electron chi connectivity index (χ4n) is 0.830. The Kier molecular flexibility index (Phi) is 8.29. The van der Waals surface area contributed by atoms with Gasteiger partial charge in [-0.3, -0.25) is 13.8 Å². The minimum atomic E-state index is -4.36. The summed E-state index contributed by atoms with van der Waals surface area (Å²) in [5, 5.41) is 8.45. The molecule has 0 aliphatic rings. The summed E-state index contributed by atoms with van der Waals surface area (Å²) in [7, 11) is -1.53. The first-order valence-electron chi connectivity index (χ1n) is 4.94. The fraction of sp³-hybridized carbons (Fsp3) is 0.875. The van der Waals surface area contributed by atoms with Gasteiger partial charge in [0.15, 0.2) is 0 Å². The molecule has 0 heterocycles. The molecule has 4 N–H and O–H groups in total. The number of carboxylic acids is 1. The normalized spacial score (nSPS) is 18.0. The number of nitrogens with two attached hydrogens (primary N) is 1. The van der Waals surface area contributed by atoms with Crippen LogP contribution in [0, 0.1) is 0 Å². The van der Waals surface area contributed by atoms with Gasteiger partial charge in [-0.15, -0.1) is 0 Å². The van der Waals surface area contributed by atoms with E-state index < -0.39 is 32.5 Å². The number of carboxylic acid groups (broad SMARTS) is 1. The van der Waals surface area contributed by atoms with E-state index >= 15 is 0 Å². The second-order valence-electron chi connectivity index (χ2n) is 3.32. The Balaban J connectivity index is 4.06. The second kappa shape index (κ2) is 8.54. The zero-order valence-corrected chi connectivity index (χ0v) is 11.0. The van der Waals surface area contributed by atoms with Gasteiger partial charge in [-0.25, -0.2) is 4.57 Å². The smallest absolute Gasteiger partial charge is 0.472 e. The maximum Gasteiger partial charge on any atom is 0.472 e. The molecular weight excluding hydrogens is 269 g/mol. The Morgan fingerprint density at radius 1 is 1.28 bits per heavy atom. The number of hydrogen-bond donors (Lipinski definition) is 3. The van der Waals surface area contributed by atoms with Crippen molar-refractivity contribution in [2.24, 2.45) is 5.73 Å². The Bertz CT molecular complexity index is 299. The van der Waals surface area contributed by atoms with Crippen molar-refractivity contribution in [2.45, 2.75) is 12.1 Å². The van der Waals surface area contributed by atoms with Gasteiger partial charge in [-0.05, 0) is 0 Å². The van der Waals surface area contributed by atoms with Gasteiger partial charge >= 0.3 is 13.8 Å². The molecule has 10 heteroatoms. The fourth-order valence-corrected chi connectivity index (χ4v) is 1.61. The molecule has 0 aromatic carbocycles. The Hall–Kier alpha value is -0.540. The predicted octanol–water partition coefficient (Wildman–Crippen LogP) is -0.807. The second-order valence-corrected chi connectivity index (χ2v) is 4.77. The van der Waals surface area contributed by atoms with Gasteiger partial charge in [0.05, 0.1) is 19.8 Å². The third kappa shape index (κ3) is 7.72. The monoisotopic (exact) mass is 287 g/mol. The summed E-state index contributed by atoms with van der Waals surface area (Å²) < 4.78 is 30.0. The van der Waals surface area contributed by atoms with Crippen LogP contribution in [0.15, 0.2) is 0 Å². The molecule has 0 aliphatic carbocycles. The van der Waals surface area contributed by atoms with Gasteiger partial charge < -0.3 is 25.2 Å². The zero-order valence-electron chi connectivity index (χ0n) is 10.1. The average Bonchev–Trinajstić information content (AvgIpc) is 2.31. The zero-order chi connectivity index (χ0) is 14.2. The molecule has 0 amide bonds. The van der Waals surface area contributed by atoms with Crippen LogP contribution in [-0.4, -0.2) is 62.2 Å². The number of methoxy groups -OCH3 is 2. The summed E-state index contributed by atoms with van der Waals surface area (Å²) in [6.07, 6.45) is -0.535. The van der Waals surface area contributed by atoms with Crippen molar-refractivity contribution in [1.82, 2.24) is 0 Å². The predicted molar refractivity (Wildman–Crippen MR) is 60.0 cm³/mol. The van der Waals surface area contributed by atoms with Crippen molar-refractivity contribution in [3.63, 3.8) is 0 Å². The average molecular weight is 287 g/mol. The molecule has 9 nitrogen and oxygen atoms in total. The lowest BCUT2D eigenvalue weighted by Gasteiger charge is -2.17. The minimum absolute atomic E-state index is 0.172. The van der Waals surface area contributed by atoms with E-state index in [-0.39, 0.29) is 13.2 Å². The third-order valence-electron chi connectivity index (χ3n) is 1.84. The summed E-state index contributed by atoms with van der Waals surface area (Å²) in [6.45, 7) is -0.698. The SMILES string of the molecule is COCC(COP(=O)(O)OCC(N)C(=O)O)OC. The van der Waals surface area contributed by atoms with Crippen molar-refractivity contribution in [2.75, 3.05) is 34.0 Å². The van der Waals surface area contributed by atoms with Gasteiger partial charge in [0.1, 0.15) is 12.1 Å². The molecule has 0 radical (unpaired) electrons. The van der Waals surface area contributed by atoms with Crippen LogP contribution in [0.2, 0.25) is 0 Å². The molecule has 0 aromatic rings. The van der Waals surface area contributed by atoms with Crippen LogP contribution in [0.5, 0.6) is 0 Å². The van der Waals surface area contributed by atoms with Crippen molar-refractivity contribution in [3.8, 4) is 0 Å². The van der Waals surface area contributed by atoms with Crippen LogP contribution >= 0.6 is 7.82 Å². The van der Waals surface area contributed by atoms with Gasteiger partial charge in [0.2, 0.25) is 0 Å². The number of aliphatic carboxylic acids is 1. The molecule has 3 atom stereocenters. The lowest BCUT2D eigenvalue weighted by Crippen LogP contribution is -2.34. The van der Waals surface area contributed by atoms with Gasteiger partial charge in [-0.1, -0.05) is 0 Å². The first-order valence-corrected chi connectivity index (χ1v) is 6.44. The van der Waals surface area contributed by atoms with E-state index in [0.29, 0.717) is 0 Å². The highest BCUT2D eigenvalue weighted by molar-refractivity contribution is 7.47. The van der Waals surface area contributed by atoms with Crippen LogP contribution in [0.1, 0.15) is 0 Å². The van der Waals surface area contributed by atoms with Crippen molar-refractivity contribution in [3.05, 3.63) is 0 Å². The number of phosphoric ester groups is 1. The molecule has 0 rings (SSSR count). The van der Waals surface area contributed by atoms with Gasteiger partial charge in [0.25, 0.3) is 0 Å². The highest BCUT2D eigenvalue weighted by Gasteiger charge is 2.26. The molecule has 0 aromatic heterocycles. The molecule has 0 fully saturated rings. The van der Waals surface area contributed by atoms with E-state index in [1.54, 1.807) is 0 Å². The molecule has 0 spiro atoms. The van der Waals surface area contributed by atoms with E-state index in [0.717, 1.165) is 0 Å². The molecule has 0 saturated heterocycles. The van der Waals surface area contributed by atoms with Crippen LogP contribution in [0.25, 0.3) is 0 Å². The van der Waals surface area contributed by atoms with E-state index in [1.807, 2.05) is 0 Å². The van der Waals surface area contributed by atoms with Crippen LogP contribution in [0.3, 0.4) is 0 Å². The Morgan fingerprint density at radius 3 is 2.28 bits per heavy atom. The van der Waals surface area contributed by atoms with Gasteiger partial charge in [0, 0.05) is 14.2 Å². The van der Waals surface area contributed by atoms with Crippen molar-refractivity contribution >= 4 is 13.8 Å². The summed E-state index contributed by atoms with van der Waals surface area (Å²) in [5.74, 6) is -1.34. The van der Waals surface area contributed by atoms with E-state index in [1.165, 1.54) is 14.2 Å². The highest BCUT2D eigenvalue weighted by atomic mass is 31.2. The summed E-state index contributed by atoms with van der Waals surface area (Å²) in [5.41, 5.74) is 5.10. The third-order valence-corrected chi connectivity index (χ3v) is 2.79. The number of ether oxygens (including phenoxy) is 2. The van der Waals surface area contributed by atoms with E-state index in [9.17, 15) is 14.3 Å². The number of rotatable bonds is 10.